The van der Waals surface area contributed by atoms with Gasteiger partial charge in [-0.05, 0) is 16.7 Å². The smallest absolute Gasteiger partial charge is 0.187 e. The zero-order valence-electron chi connectivity index (χ0n) is 19.2. The predicted octanol–water partition coefficient (Wildman–Crippen LogP) is 4.86. The van der Waals surface area contributed by atoms with Gasteiger partial charge in [-0.25, -0.2) is 0 Å². The van der Waals surface area contributed by atoms with Crippen LogP contribution in [0.1, 0.15) is 22.6 Å². The number of aliphatic hydroxyl groups is 1. The molecular weight excluding hydrogens is 428 g/mol. The molecule has 1 heterocycles. The van der Waals surface area contributed by atoms with Gasteiger partial charge in [0.05, 0.1) is 38.6 Å². The molecule has 5 heteroatoms. The summed E-state index contributed by atoms with van der Waals surface area (Å²) in [5, 5.41) is 10.3. The predicted molar refractivity (Wildman–Crippen MR) is 131 cm³/mol. The lowest BCUT2D eigenvalue weighted by molar-refractivity contribution is -0.296. The Balaban J connectivity index is 1.66. The van der Waals surface area contributed by atoms with Gasteiger partial charge in [-0.2, -0.15) is 0 Å². The number of hydrogen-bond donors (Lipinski definition) is 1. The molecule has 1 unspecified atom stereocenters. The molecule has 4 rings (SSSR count). The first-order chi connectivity index (χ1) is 16.8. The van der Waals surface area contributed by atoms with Crippen LogP contribution < -0.4 is 0 Å². The molecule has 0 aliphatic carbocycles. The first kappa shape index (κ1) is 24.3. The van der Waals surface area contributed by atoms with Crippen LogP contribution in [0.2, 0.25) is 0 Å². The summed E-state index contributed by atoms with van der Waals surface area (Å²) in [5.41, 5.74) is 3.13. The number of hydrogen-bond acceptors (Lipinski definition) is 5. The second kappa shape index (κ2) is 12.6. The van der Waals surface area contributed by atoms with Crippen LogP contribution >= 0.6 is 0 Å². The zero-order chi connectivity index (χ0) is 23.6. The summed E-state index contributed by atoms with van der Waals surface area (Å²) in [5.74, 6) is -0.237. The Kier molecular flexibility index (Phi) is 9.02. The van der Waals surface area contributed by atoms with E-state index in [1.165, 1.54) is 0 Å². The van der Waals surface area contributed by atoms with Crippen LogP contribution in [0.5, 0.6) is 0 Å². The van der Waals surface area contributed by atoms with Crippen LogP contribution in [-0.2, 0) is 32.2 Å². The maximum absolute atomic E-state index is 10.3. The zero-order valence-corrected chi connectivity index (χ0v) is 19.2. The standard InChI is InChI=1S/C29H32O5/c1-2-18-31-29-28(33-21-23-14-8-4-9-15-23)27(32-20-22-12-6-3-7-13-22)26(25(19-30)34-29)24-16-10-5-11-17-24/h2-17,25-30H,1,18-21H2/t25-,26-,27+,28-,29?/m1/s1. The Morgan fingerprint density at radius 2 is 1.26 bits per heavy atom. The van der Waals surface area contributed by atoms with Crippen LogP contribution in [0.15, 0.2) is 104 Å². The average Bonchev–Trinajstić information content (AvgIpc) is 2.91. The Hall–Kier alpha value is -2.80. The largest absolute Gasteiger partial charge is 0.394 e. The molecular formula is C29H32O5. The van der Waals surface area contributed by atoms with Crippen molar-refractivity contribution in [3.63, 3.8) is 0 Å². The monoisotopic (exact) mass is 460 g/mol. The van der Waals surface area contributed by atoms with Gasteiger partial charge in [-0.1, -0.05) is 97.1 Å². The van der Waals surface area contributed by atoms with Crippen molar-refractivity contribution in [3.05, 3.63) is 120 Å². The van der Waals surface area contributed by atoms with E-state index in [1.807, 2.05) is 91.0 Å². The number of ether oxygens (including phenoxy) is 4. The summed E-state index contributed by atoms with van der Waals surface area (Å²) in [6.07, 6.45) is -0.465. The summed E-state index contributed by atoms with van der Waals surface area (Å²) in [7, 11) is 0. The molecule has 178 valence electrons. The number of aliphatic hydroxyl groups excluding tert-OH is 1. The van der Waals surface area contributed by atoms with Crippen molar-refractivity contribution in [3.8, 4) is 0 Å². The minimum absolute atomic E-state index is 0.163. The van der Waals surface area contributed by atoms with Crippen molar-refractivity contribution >= 4 is 0 Å². The molecule has 0 bridgehead atoms. The van der Waals surface area contributed by atoms with Gasteiger partial charge in [0.25, 0.3) is 0 Å². The summed E-state index contributed by atoms with van der Waals surface area (Å²) < 4.78 is 25.2. The SMILES string of the molecule is C=CCOC1O[C@H](CO)[C@@H](c2ccccc2)[C@H](OCc2ccccc2)[C@H]1OCc1ccccc1. The molecule has 1 aliphatic rings. The molecule has 3 aromatic rings. The van der Waals surface area contributed by atoms with Gasteiger partial charge in [-0.3, -0.25) is 0 Å². The maximum atomic E-state index is 10.3. The second-order valence-corrected chi connectivity index (χ2v) is 8.31. The van der Waals surface area contributed by atoms with Crippen molar-refractivity contribution in [1.82, 2.24) is 0 Å². The molecule has 1 fully saturated rings. The highest BCUT2D eigenvalue weighted by Gasteiger charge is 2.48. The van der Waals surface area contributed by atoms with E-state index in [0.717, 1.165) is 16.7 Å². The maximum Gasteiger partial charge on any atom is 0.187 e. The lowest BCUT2D eigenvalue weighted by atomic mass is 9.83. The normalized spacial score (nSPS) is 24.6. The van der Waals surface area contributed by atoms with E-state index in [1.54, 1.807) is 6.08 Å². The topological polar surface area (TPSA) is 57.2 Å². The Morgan fingerprint density at radius 3 is 1.79 bits per heavy atom. The highest BCUT2D eigenvalue weighted by atomic mass is 16.7. The number of benzene rings is 3. The van der Waals surface area contributed by atoms with Gasteiger partial charge in [0.15, 0.2) is 6.29 Å². The van der Waals surface area contributed by atoms with Gasteiger partial charge >= 0.3 is 0 Å². The minimum atomic E-state index is -0.709. The van der Waals surface area contributed by atoms with E-state index in [2.05, 4.69) is 6.58 Å². The van der Waals surface area contributed by atoms with Crippen molar-refractivity contribution in [2.75, 3.05) is 13.2 Å². The molecule has 0 saturated carbocycles. The van der Waals surface area contributed by atoms with Crippen molar-refractivity contribution in [1.29, 1.82) is 0 Å². The second-order valence-electron chi connectivity index (χ2n) is 8.31. The molecule has 0 radical (unpaired) electrons. The highest BCUT2D eigenvalue weighted by Crippen LogP contribution is 2.38. The van der Waals surface area contributed by atoms with Gasteiger partial charge in [-0.15, -0.1) is 6.58 Å². The summed E-state index contributed by atoms with van der Waals surface area (Å²) in [6, 6.07) is 30.0. The van der Waals surface area contributed by atoms with Crippen molar-refractivity contribution in [2.24, 2.45) is 0 Å². The van der Waals surface area contributed by atoms with Crippen LogP contribution in [0.4, 0.5) is 0 Å². The molecule has 3 aromatic carbocycles. The van der Waals surface area contributed by atoms with Crippen LogP contribution in [0, 0.1) is 0 Å². The van der Waals surface area contributed by atoms with E-state index in [-0.39, 0.29) is 12.5 Å². The number of rotatable bonds is 11. The highest BCUT2D eigenvalue weighted by molar-refractivity contribution is 5.24. The first-order valence-electron chi connectivity index (χ1n) is 11.6. The molecule has 1 N–H and O–H groups in total. The van der Waals surface area contributed by atoms with Crippen LogP contribution in [0.3, 0.4) is 0 Å². The summed E-state index contributed by atoms with van der Waals surface area (Å²) >= 11 is 0. The fourth-order valence-corrected chi connectivity index (χ4v) is 4.34. The Bertz CT molecular complexity index is 979. The third-order valence-corrected chi connectivity index (χ3v) is 5.97. The molecule has 5 atom stereocenters. The quantitative estimate of drug-likeness (QED) is 0.414. The van der Waals surface area contributed by atoms with Gasteiger partial charge in [0, 0.05) is 5.92 Å². The Morgan fingerprint density at radius 1 is 0.735 bits per heavy atom. The van der Waals surface area contributed by atoms with E-state index in [4.69, 9.17) is 18.9 Å². The molecule has 0 spiro atoms. The van der Waals surface area contributed by atoms with E-state index < -0.39 is 24.6 Å². The third-order valence-electron chi connectivity index (χ3n) is 5.97. The summed E-state index contributed by atoms with van der Waals surface area (Å²) in [6.45, 7) is 4.69. The average molecular weight is 461 g/mol. The molecule has 1 aliphatic heterocycles. The Labute approximate surface area is 201 Å². The lowest BCUT2D eigenvalue weighted by Crippen LogP contribution is -2.57. The van der Waals surface area contributed by atoms with Gasteiger partial charge < -0.3 is 24.1 Å². The third kappa shape index (κ3) is 6.20. The van der Waals surface area contributed by atoms with E-state index in [0.29, 0.717) is 19.8 Å². The van der Waals surface area contributed by atoms with Crippen molar-refractivity contribution < 1.29 is 24.1 Å². The minimum Gasteiger partial charge on any atom is -0.394 e. The van der Waals surface area contributed by atoms with Gasteiger partial charge in [0.1, 0.15) is 6.10 Å². The molecule has 0 aromatic heterocycles. The lowest BCUT2D eigenvalue weighted by Gasteiger charge is -2.46. The fraction of sp³-hybridized carbons (Fsp3) is 0.310. The molecule has 0 amide bonds. The van der Waals surface area contributed by atoms with Crippen LogP contribution in [0.25, 0.3) is 0 Å². The van der Waals surface area contributed by atoms with Gasteiger partial charge in [0.2, 0.25) is 0 Å². The molecule has 34 heavy (non-hydrogen) atoms. The van der Waals surface area contributed by atoms with Crippen molar-refractivity contribution in [2.45, 2.75) is 43.7 Å². The first-order valence-corrected chi connectivity index (χ1v) is 11.6. The van der Waals surface area contributed by atoms with Crippen LogP contribution in [-0.4, -0.2) is 42.9 Å². The van der Waals surface area contributed by atoms with E-state index >= 15 is 0 Å². The summed E-state index contributed by atoms with van der Waals surface area (Å²) in [4.78, 5) is 0. The van der Waals surface area contributed by atoms with E-state index in [9.17, 15) is 5.11 Å². The molecule has 5 nitrogen and oxygen atoms in total. The molecule has 1 saturated heterocycles. The fourth-order valence-electron chi connectivity index (χ4n) is 4.34.